The molecule has 0 aromatic carbocycles. The number of unbranched alkanes of at least 4 members (excludes halogenated alkanes) is 2. The number of rotatable bonds is 5. The van der Waals surface area contributed by atoms with Gasteiger partial charge in [-0.25, -0.2) is 0 Å². The predicted octanol–water partition coefficient (Wildman–Crippen LogP) is 6.17. The third kappa shape index (κ3) is 4.44. The average Bonchev–Trinajstić information content (AvgIpc) is 2.40. The van der Waals surface area contributed by atoms with Gasteiger partial charge in [-0.1, -0.05) is 58.3 Å². The number of alkyl halides is 1. The van der Waals surface area contributed by atoms with Gasteiger partial charge in [0.25, 0.3) is 0 Å². The minimum absolute atomic E-state index is 0.492. The van der Waals surface area contributed by atoms with Crippen molar-refractivity contribution in [2.24, 2.45) is 17.8 Å². The van der Waals surface area contributed by atoms with Crippen LogP contribution < -0.4 is 0 Å². The zero-order chi connectivity index (χ0) is 12.8. The van der Waals surface area contributed by atoms with Gasteiger partial charge in [0.05, 0.1) is 0 Å². The van der Waals surface area contributed by atoms with E-state index in [2.05, 4.69) is 6.92 Å². The van der Waals surface area contributed by atoms with Crippen LogP contribution >= 0.6 is 11.6 Å². The SMILES string of the molecule is CCCCCC1CCC(C2CCCC(Cl)C2)CC1. The lowest BCUT2D eigenvalue weighted by atomic mass is 9.70. The fraction of sp³-hybridized carbons (Fsp3) is 1.00. The lowest BCUT2D eigenvalue weighted by molar-refractivity contribution is 0.163. The van der Waals surface area contributed by atoms with Gasteiger partial charge in [-0.2, -0.15) is 0 Å². The molecule has 2 fully saturated rings. The molecule has 0 aromatic rings. The Morgan fingerprint density at radius 2 is 1.67 bits per heavy atom. The summed E-state index contributed by atoms with van der Waals surface area (Å²) in [5.74, 6) is 3.05. The molecule has 2 rings (SSSR count). The van der Waals surface area contributed by atoms with E-state index in [1.807, 2.05) is 0 Å². The Morgan fingerprint density at radius 3 is 2.33 bits per heavy atom. The molecule has 1 heteroatoms. The molecule has 0 aromatic heterocycles. The number of hydrogen-bond acceptors (Lipinski definition) is 0. The Balaban J connectivity index is 1.66. The van der Waals surface area contributed by atoms with Crippen LogP contribution in [0.4, 0.5) is 0 Å². The summed E-state index contributed by atoms with van der Waals surface area (Å²) in [4.78, 5) is 0. The smallest absolute Gasteiger partial charge is 0.0338 e. The molecule has 0 nitrogen and oxygen atoms in total. The Labute approximate surface area is 119 Å². The van der Waals surface area contributed by atoms with Gasteiger partial charge in [-0.15, -0.1) is 11.6 Å². The molecule has 2 saturated carbocycles. The summed E-state index contributed by atoms with van der Waals surface area (Å²) in [5, 5.41) is 0.492. The van der Waals surface area contributed by atoms with E-state index >= 15 is 0 Å². The first-order valence-corrected chi connectivity index (χ1v) is 8.87. The summed E-state index contributed by atoms with van der Waals surface area (Å²) in [6.45, 7) is 2.31. The van der Waals surface area contributed by atoms with E-state index in [4.69, 9.17) is 11.6 Å². The molecule has 0 aliphatic heterocycles. The molecule has 2 aliphatic rings. The maximum atomic E-state index is 6.34. The number of hydrogen-bond donors (Lipinski definition) is 0. The van der Waals surface area contributed by atoms with E-state index in [9.17, 15) is 0 Å². The molecule has 2 unspecified atom stereocenters. The van der Waals surface area contributed by atoms with E-state index in [0.29, 0.717) is 5.38 Å². The second-order valence-corrected chi connectivity index (χ2v) is 7.42. The molecule has 18 heavy (non-hydrogen) atoms. The first-order chi connectivity index (χ1) is 8.79. The van der Waals surface area contributed by atoms with Crippen LogP contribution in [0.5, 0.6) is 0 Å². The van der Waals surface area contributed by atoms with Crippen LogP contribution in [0.25, 0.3) is 0 Å². The van der Waals surface area contributed by atoms with Gasteiger partial charge >= 0.3 is 0 Å². The Bertz CT molecular complexity index is 218. The molecule has 0 amide bonds. The van der Waals surface area contributed by atoms with Crippen molar-refractivity contribution < 1.29 is 0 Å². The topological polar surface area (TPSA) is 0 Å². The van der Waals surface area contributed by atoms with Crippen molar-refractivity contribution in [2.75, 3.05) is 0 Å². The van der Waals surface area contributed by atoms with Crippen LogP contribution in [-0.2, 0) is 0 Å². The highest BCUT2D eigenvalue weighted by atomic mass is 35.5. The standard InChI is InChI=1S/C17H31Cl/c1-2-3-4-6-14-9-11-15(12-10-14)16-7-5-8-17(18)13-16/h14-17H,2-13H2,1H3. The fourth-order valence-electron chi connectivity index (χ4n) is 4.23. The van der Waals surface area contributed by atoms with Crippen molar-refractivity contribution in [1.82, 2.24) is 0 Å². The summed E-state index contributed by atoms with van der Waals surface area (Å²) in [6.07, 6.45) is 17.2. The molecule has 0 radical (unpaired) electrons. The van der Waals surface area contributed by atoms with Crippen molar-refractivity contribution in [3.63, 3.8) is 0 Å². The highest BCUT2D eigenvalue weighted by molar-refractivity contribution is 6.20. The molecule has 2 aliphatic carbocycles. The second-order valence-electron chi connectivity index (χ2n) is 6.80. The highest BCUT2D eigenvalue weighted by Crippen LogP contribution is 2.42. The van der Waals surface area contributed by atoms with Crippen LogP contribution in [0.1, 0.15) is 84.0 Å². The van der Waals surface area contributed by atoms with Gasteiger partial charge in [-0.05, 0) is 43.4 Å². The quantitative estimate of drug-likeness (QED) is 0.414. The van der Waals surface area contributed by atoms with Crippen molar-refractivity contribution in [2.45, 2.75) is 89.4 Å². The van der Waals surface area contributed by atoms with Crippen LogP contribution in [-0.4, -0.2) is 5.38 Å². The summed E-state index contributed by atoms with van der Waals surface area (Å²) in [5.41, 5.74) is 0. The summed E-state index contributed by atoms with van der Waals surface area (Å²) < 4.78 is 0. The van der Waals surface area contributed by atoms with Gasteiger partial charge in [0, 0.05) is 5.38 Å². The van der Waals surface area contributed by atoms with E-state index in [1.54, 1.807) is 0 Å². The Kier molecular flexibility index (Phi) is 6.35. The zero-order valence-electron chi connectivity index (χ0n) is 12.2. The molecule has 0 spiro atoms. The molecule has 106 valence electrons. The van der Waals surface area contributed by atoms with Gasteiger partial charge in [-0.3, -0.25) is 0 Å². The molecular formula is C17H31Cl. The minimum atomic E-state index is 0.492. The van der Waals surface area contributed by atoms with Crippen molar-refractivity contribution in [1.29, 1.82) is 0 Å². The summed E-state index contributed by atoms with van der Waals surface area (Å²) >= 11 is 6.34. The maximum Gasteiger partial charge on any atom is 0.0338 e. The number of halogens is 1. The van der Waals surface area contributed by atoms with Gasteiger partial charge in [0.15, 0.2) is 0 Å². The summed E-state index contributed by atoms with van der Waals surface area (Å²) in [7, 11) is 0. The van der Waals surface area contributed by atoms with Gasteiger partial charge < -0.3 is 0 Å². The lowest BCUT2D eigenvalue weighted by Crippen LogP contribution is -2.26. The normalized spacial score (nSPS) is 37.7. The monoisotopic (exact) mass is 270 g/mol. The third-order valence-corrected chi connectivity index (χ3v) is 5.82. The first kappa shape index (κ1) is 14.7. The van der Waals surface area contributed by atoms with Crippen LogP contribution in [0.3, 0.4) is 0 Å². The minimum Gasteiger partial charge on any atom is -0.123 e. The van der Waals surface area contributed by atoms with Crippen LogP contribution in [0.15, 0.2) is 0 Å². The lowest BCUT2D eigenvalue weighted by Gasteiger charge is -2.37. The van der Waals surface area contributed by atoms with Crippen LogP contribution in [0, 0.1) is 17.8 Å². The molecule has 0 bridgehead atoms. The maximum absolute atomic E-state index is 6.34. The van der Waals surface area contributed by atoms with E-state index in [1.165, 1.54) is 77.0 Å². The molecule has 2 atom stereocenters. The summed E-state index contributed by atoms with van der Waals surface area (Å²) in [6, 6.07) is 0. The molecular weight excluding hydrogens is 240 g/mol. The predicted molar refractivity (Wildman–Crippen MR) is 81.2 cm³/mol. The largest absolute Gasteiger partial charge is 0.123 e. The Hall–Kier alpha value is 0.290. The first-order valence-electron chi connectivity index (χ1n) is 8.43. The van der Waals surface area contributed by atoms with Crippen molar-refractivity contribution in [3.05, 3.63) is 0 Å². The van der Waals surface area contributed by atoms with Crippen molar-refractivity contribution in [3.8, 4) is 0 Å². The fourth-order valence-corrected chi connectivity index (χ4v) is 4.61. The molecule has 0 N–H and O–H groups in total. The second kappa shape index (κ2) is 7.78. The van der Waals surface area contributed by atoms with E-state index < -0.39 is 0 Å². The molecule has 0 heterocycles. The van der Waals surface area contributed by atoms with Crippen LogP contribution in [0.2, 0.25) is 0 Å². The van der Waals surface area contributed by atoms with Gasteiger partial charge in [0.2, 0.25) is 0 Å². The highest BCUT2D eigenvalue weighted by Gasteiger charge is 2.30. The zero-order valence-corrected chi connectivity index (χ0v) is 12.9. The average molecular weight is 271 g/mol. The van der Waals surface area contributed by atoms with E-state index in [0.717, 1.165) is 17.8 Å². The van der Waals surface area contributed by atoms with Crippen molar-refractivity contribution >= 4 is 11.6 Å². The third-order valence-electron chi connectivity index (χ3n) is 5.42. The van der Waals surface area contributed by atoms with E-state index in [-0.39, 0.29) is 0 Å². The Morgan fingerprint density at radius 1 is 0.889 bits per heavy atom. The molecule has 0 saturated heterocycles. The van der Waals surface area contributed by atoms with Gasteiger partial charge in [0.1, 0.15) is 0 Å².